The van der Waals surface area contributed by atoms with Gasteiger partial charge in [-0.15, -0.1) is 0 Å². The van der Waals surface area contributed by atoms with Gasteiger partial charge in [-0.05, 0) is 96.9 Å². The Bertz CT molecular complexity index is 1050. The first-order valence-corrected chi connectivity index (χ1v) is 14.2. The predicted octanol–water partition coefficient (Wildman–Crippen LogP) is 6.73. The van der Waals surface area contributed by atoms with Crippen LogP contribution in [-0.2, 0) is 19.1 Å². The molecule has 0 aromatic carbocycles. The molecule has 4 fully saturated rings. The van der Waals surface area contributed by atoms with Gasteiger partial charge in [0.1, 0.15) is 6.29 Å². The van der Waals surface area contributed by atoms with Gasteiger partial charge in [0.25, 0.3) is 0 Å². The van der Waals surface area contributed by atoms with Crippen molar-refractivity contribution in [1.29, 1.82) is 0 Å². The number of hydrogen-bond donors (Lipinski definition) is 0. The average Bonchev–Trinajstić information content (AvgIpc) is 2.81. The van der Waals surface area contributed by atoms with Gasteiger partial charge in [0, 0.05) is 11.8 Å². The van der Waals surface area contributed by atoms with Crippen molar-refractivity contribution in [2.75, 3.05) is 7.11 Å². The van der Waals surface area contributed by atoms with Gasteiger partial charge in [-0.3, -0.25) is 9.59 Å². The van der Waals surface area contributed by atoms with Gasteiger partial charge in [-0.1, -0.05) is 59.3 Å². The SMILES string of the molecule is C=C1C(C=O)CC2(C)C3=CC(=O)C4C(CCC5(C(=O)OC)CCC(C)(C)CC45)C3(C)CCC2C1(C)C. The number of ketones is 1. The van der Waals surface area contributed by atoms with Gasteiger partial charge in [-0.25, -0.2) is 0 Å². The van der Waals surface area contributed by atoms with Crippen LogP contribution in [0.1, 0.15) is 92.9 Å². The van der Waals surface area contributed by atoms with E-state index in [1.165, 1.54) is 12.7 Å². The summed E-state index contributed by atoms with van der Waals surface area (Å²) in [6.07, 6.45) is 10.4. The number of carbonyl (C=O) groups is 3. The molecule has 0 heterocycles. The second-order valence-corrected chi connectivity index (χ2v) is 14.9. The fourth-order valence-corrected chi connectivity index (χ4v) is 10.5. The van der Waals surface area contributed by atoms with E-state index in [4.69, 9.17) is 4.74 Å². The maximum atomic E-state index is 14.2. The van der Waals surface area contributed by atoms with Crippen LogP contribution in [0.15, 0.2) is 23.8 Å². The Morgan fingerprint density at radius 2 is 1.67 bits per heavy atom. The molecule has 4 saturated carbocycles. The van der Waals surface area contributed by atoms with E-state index < -0.39 is 5.41 Å². The summed E-state index contributed by atoms with van der Waals surface area (Å²) in [5.41, 5.74) is 1.48. The highest BCUT2D eigenvalue weighted by Gasteiger charge is 2.67. The average molecular weight is 495 g/mol. The zero-order chi connectivity index (χ0) is 26.5. The number of methoxy groups -OCH3 is 1. The van der Waals surface area contributed by atoms with Crippen LogP contribution in [0.5, 0.6) is 0 Å². The number of aldehydes is 1. The summed E-state index contributed by atoms with van der Waals surface area (Å²) in [6, 6.07) is 0. The minimum absolute atomic E-state index is 0.0328. The van der Waals surface area contributed by atoms with Crippen molar-refractivity contribution in [2.24, 2.45) is 56.7 Å². The summed E-state index contributed by atoms with van der Waals surface area (Å²) in [5, 5.41) is 0. The number of ether oxygens (including phenoxy) is 1. The molecule has 198 valence electrons. The van der Waals surface area contributed by atoms with Crippen molar-refractivity contribution in [1.82, 2.24) is 0 Å². The summed E-state index contributed by atoms with van der Waals surface area (Å²) >= 11 is 0. The third-order valence-electron chi connectivity index (χ3n) is 12.4. The Kier molecular flexibility index (Phi) is 5.69. The van der Waals surface area contributed by atoms with Crippen molar-refractivity contribution < 1.29 is 19.1 Å². The van der Waals surface area contributed by atoms with E-state index in [0.29, 0.717) is 5.92 Å². The molecular formula is C32H46O4. The molecule has 0 aromatic rings. The van der Waals surface area contributed by atoms with E-state index >= 15 is 0 Å². The first-order valence-electron chi connectivity index (χ1n) is 14.2. The minimum Gasteiger partial charge on any atom is -0.469 e. The van der Waals surface area contributed by atoms with Crippen LogP contribution in [0.25, 0.3) is 0 Å². The lowest BCUT2D eigenvalue weighted by molar-refractivity contribution is -0.178. The molecule has 0 aliphatic heterocycles. The fraction of sp³-hybridized carbons (Fsp3) is 0.781. The van der Waals surface area contributed by atoms with Gasteiger partial charge in [-0.2, -0.15) is 0 Å². The third-order valence-corrected chi connectivity index (χ3v) is 12.4. The second kappa shape index (κ2) is 7.90. The van der Waals surface area contributed by atoms with Crippen molar-refractivity contribution in [2.45, 2.75) is 92.9 Å². The molecule has 8 unspecified atom stereocenters. The molecule has 4 nitrogen and oxygen atoms in total. The summed E-state index contributed by atoms with van der Waals surface area (Å²) < 4.78 is 5.40. The van der Waals surface area contributed by atoms with Gasteiger partial charge in [0.05, 0.1) is 12.5 Å². The van der Waals surface area contributed by atoms with E-state index in [-0.39, 0.29) is 57.1 Å². The van der Waals surface area contributed by atoms with Crippen LogP contribution < -0.4 is 0 Å². The molecule has 0 aromatic heterocycles. The molecule has 0 spiro atoms. The zero-order valence-corrected chi connectivity index (χ0v) is 23.5. The number of allylic oxidation sites excluding steroid dienone is 3. The monoisotopic (exact) mass is 494 g/mol. The van der Waals surface area contributed by atoms with Gasteiger partial charge >= 0.3 is 5.97 Å². The first kappa shape index (κ1) is 25.9. The summed E-state index contributed by atoms with van der Waals surface area (Å²) in [4.78, 5) is 39.7. The standard InChI is InChI=1S/C32H46O4/c1-19-20(18-33)16-31(7)24(29(19,4)5)10-11-30(6)21-9-12-32(27(35)36-8)14-13-28(2,3)17-22(32)26(21)23(34)15-25(30)31/h15,18,20-22,24,26H,1,9-14,16-17H2,2-8H3. The van der Waals surface area contributed by atoms with Crippen LogP contribution in [0.2, 0.25) is 0 Å². The minimum atomic E-state index is -0.531. The van der Waals surface area contributed by atoms with Crippen molar-refractivity contribution in [3.63, 3.8) is 0 Å². The molecule has 8 atom stereocenters. The molecule has 5 aliphatic rings. The van der Waals surface area contributed by atoms with Crippen LogP contribution >= 0.6 is 0 Å². The van der Waals surface area contributed by atoms with Gasteiger partial charge in [0.2, 0.25) is 0 Å². The molecule has 0 N–H and O–H groups in total. The smallest absolute Gasteiger partial charge is 0.312 e. The maximum absolute atomic E-state index is 14.2. The largest absolute Gasteiger partial charge is 0.469 e. The molecular weight excluding hydrogens is 448 g/mol. The molecule has 5 rings (SSSR count). The molecule has 0 bridgehead atoms. The van der Waals surface area contributed by atoms with Crippen molar-refractivity contribution in [3.05, 3.63) is 23.8 Å². The Balaban J connectivity index is 1.62. The highest BCUT2D eigenvalue weighted by Crippen LogP contribution is 2.72. The molecule has 5 aliphatic carbocycles. The summed E-state index contributed by atoms with van der Waals surface area (Å²) in [5.74, 6) is 0.451. The summed E-state index contributed by atoms with van der Waals surface area (Å²) in [6.45, 7) is 18.2. The topological polar surface area (TPSA) is 60.4 Å². The third kappa shape index (κ3) is 3.21. The van der Waals surface area contributed by atoms with E-state index in [9.17, 15) is 14.4 Å². The highest BCUT2D eigenvalue weighted by atomic mass is 16.5. The second-order valence-electron chi connectivity index (χ2n) is 14.9. The van der Waals surface area contributed by atoms with E-state index in [1.807, 2.05) is 6.08 Å². The molecule has 0 saturated heterocycles. The molecule has 0 radical (unpaired) electrons. The van der Waals surface area contributed by atoms with Crippen LogP contribution in [0.4, 0.5) is 0 Å². The molecule has 0 amide bonds. The number of rotatable bonds is 2. The molecule has 36 heavy (non-hydrogen) atoms. The maximum Gasteiger partial charge on any atom is 0.312 e. The first-order chi connectivity index (χ1) is 16.7. The Morgan fingerprint density at radius 1 is 0.972 bits per heavy atom. The van der Waals surface area contributed by atoms with Crippen molar-refractivity contribution >= 4 is 18.0 Å². The highest BCUT2D eigenvalue weighted by molar-refractivity contribution is 5.95. The van der Waals surface area contributed by atoms with Crippen LogP contribution in [-0.4, -0.2) is 25.1 Å². The normalized spacial score (nSPS) is 46.9. The van der Waals surface area contributed by atoms with Gasteiger partial charge < -0.3 is 9.53 Å². The lowest BCUT2D eigenvalue weighted by Crippen LogP contribution is -2.62. The van der Waals surface area contributed by atoms with Crippen molar-refractivity contribution in [3.8, 4) is 0 Å². The number of carbonyl (C=O) groups excluding carboxylic acids is 3. The number of hydrogen-bond acceptors (Lipinski definition) is 4. The summed E-state index contributed by atoms with van der Waals surface area (Å²) in [7, 11) is 1.51. The van der Waals surface area contributed by atoms with Crippen LogP contribution in [0, 0.1) is 56.7 Å². The van der Waals surface area contributed by atoms with E-state index in [1.54, 1.807) is 0 Å². The molecule has 4 heteroatoms. The number of esters is 1. The quantitative estimate of drug-likeness (QED) is 0.243. The Morgan fingerprint density at radius 3 is 2.31 bits per heavy atom. The van der Waals surface area contributed by atoms with E-state index in [2.05, 4.69) is 48.1 Å². The Hall–Kier alpha value is -1.71. The predicted molar refractivity (Wildman–Crippen MR) is 141 cm³/mol. The fourth-order valence-electron chi connectivity index (χ4n) is 10.5. The van der Waals surface area contributed by atoms with Gasteiger partial charge in [0.15, 0.2) is 5.78 Å². The number of fused-ring (bicyclic) bond motifs is 7. The lowest BCUT2D eigenvalue weighted by atomic mass is 9.37. The lowest BCUT2D eigenvalue weighted by Gasteiger charge is -2.66. The van der Waals surface area contributed by atoms with Crippen LogP contribution in [0.3, 0.4) is 0 Å². The Labute approximate surface area is 217 Å². The zero-order valence-electron chi connectivity index (χ0n) is 23.5. The van der Waals surface area contributed by atoms with E-state index in [0.717, 1.165) is 63.2 Å².